The minimum Gasteiger partial charge on any atom is -0.347 e. The molecule has 3 nitrogen and oxygen atoms in total. The number of aromatic nitrogens is 1. The van der Waals surface area contributed by atoms with E-state index in [2.05, 4.69) is 24.1 Å². The van der Waals surface area contributed by atoms with Gasteiger partial charge in [-0.25, -0.2) is 0 Å². The summed E-state index contributed by atoms with van der Waals surface area (Å²) in [5.74, 6) is 0.269. The fourth-order valence-electron chi connectivity index (χ4n) is 1.99. The molecule has 1 heterocycles. The number of hydrogen-bond donors (Lipinski definition) is 1. The van der Waals surface area contributed by atoms with E-state index in [1.54, 1.807) is 6.20 Å². The molecule has 1 amide bonds. The van der Waals surface area contributed by atoms with Crippen LogP contribution in [-0.2, 0) is 6.54 Å². The van der Waals surface area contributed by atoms with E-state index in [0.29, 0.717) is 23.2 Å². The molecule has 0 saturated heterocycles. The van der Waals surface area contributed by atoms with Gasteiger partial charge in [-0.2, -0.15) is 0 Å². The fraction of sp³-hybridized carbons (Fsp3) is 0.294. The number of nitrogens with one attached hydrogen (secondary N) is 1. The van der Waals surface area contributed by atoms with Gasteiger partial charge in [-0.1, -0.05) is 37.6 Å². The van der Waals surface area contributed by atoms with Crippen molar-refractivity contribution in [3.05, 3.63) is 64.4 Å². The topological polar surface area (TPSA) is 42.0 Å². The van der Waals surface area contributed by atoms with E-state index in [-0.39, 0.29) is 5.91 Å². The fourth-order valence-corrected chi connectivity index (χ4v) is 2.11. The standard InChI is InChI=1S/C17H19ClN2O/c1-3-12(2)14-8-9-19-16(10-14)17(21)20-11-13-4-6-15(18)7-5-13/h4-10,12H,3,11H2,1-2H3,(H,20,21). The lowest BCUT2D eigenvalue weighted by Gasteiger charge is -2.10. The maximum atomic E-state index is 12.1. The lowest BCUT2D eigenvalue weighted by Crippen LogP contribution is -2.24. The Balaban J connectivity index is 2.01. The van der Waals surface area contributed by atoms with Gasteiger partial charge in [0.05, 0.1) is 0 Å². The van der Waals surface area contributed by atoms with E-state index in [0.717, 1.165) is 17.5 Å². The van der Waals surface area contributed by atoms with Crippen LogP contribution in [0.15, 0.2) is 42.6 Å². The number of carbonyl (C=O) groups excluding carboxylic acids is 1. The van der Waals surface area contributed by atoms with E-state index in [1.165, 1.54) is 0 Å². The van der Waals surface area contributed by atoms with Crippen molar-refractivity contribution in [3.8, 4) is 0 Å². The number of hydrogen-bond acceptors (Lipinski definition) is 2. The molecule has 21 heavy (non-hydrogen) atoms. The van der Waals surface area contributed by atoms with Gasteiger partial charge in [-0.15, -0.1) is 0 Å². The second kappa shape index (κ2) is 7.23. The largest absolute Gasteiger partial charge is 0.347 e. The van der Waals surface area contributed by atoms with E-state index < -0.39 is 0 Å². The Hall–Kier alpha value is -1.87. The molecular formula is C17H19ClN2O. The molecule has 1 N–H and O–H groups in total. The van der Waals surface area contributed by atoms with Crippen LogP contribution < -0.4 is 5.32 Å². The third kappa shape index (κ3) is 4.30. The van der Waals surface area contributed by atoms with Gasteiger partial charge in [0.1, 0.15) is 5.69 Å². The Kier molecular flexibility index (Phi) is 5.34. The highest BCUT2D eigenvalue weighted by Crippen LogP contribution is 2.18. The van der Waals surface area contributed by atoms with Crippen LogP contribution >= 0.6 is 11.6 Å². The number of benzene rings is 1. The summed E-state index contributed by atoms with van der Waals surface area (Å²) >= 11 is 5.83. The van der Waals surface area contributed by atoms with Crippen molar-refractivity contribution in [1.82, 2.24) is 10.3 Å². The van der Waals surface area contributed by atoms with Crippen molar-refractivity contribution in [2.24, 2.45) is 0 Å². The monoisotopic (exact) mass is 302 g/mol. The van der Waals surface area contributed by atoms with Crippen molar-refractivity contribution in [3.63, 3.8) is 0 Å². The van der Waals surface area contributed by atoms with Crippen LogP contribution in [0.1, 0.15) is 47.8 Å². The molecule has 1 atom stereocenters. The average molecular weight is 303 g/mol. The van der Waals surface area contributed by atoms with Gasteiger partial charge in [0.15, 0.2) is 0 Å². The van der Waals surface area contributed by atoms with Crippen molar-refractivity contribution >= 4 is 17.5 Å². The van der Waals surface area contributed by atoms with Gasteiger partial charge in [0.25, 0.3) is 5.91 Å². The summed E-state index contributed by atoms with van der Waals surface area (Å²) in [5.41, 5.74) is 2.61. The third-order valence-corrected chi connectivity index (χ3v) is 3.82. The Morgan fingerprint density at radius 2 is 2.00 bits per heavy atom. The van der Waals surface area contributed by atoms with Crippen LogP contribution in [0.3, 0.4) is 0 Å². The number of carbonyl (C=O) groups is 1. The highest BCUT2D eigenvalue weighted by Gasteiger charge is 2.10. The van der Waals surface area contributed by atoms with Crippen LogP contribution in [0, 0.1) is 0 Å². The minimum atomic E-state index is -0.157. The van der Waals surface area contributed by atoms with Crippen molar-refractivity contribution < 1.29 is 4.79 Å². The number of rotatable bonds is 5. The Morgan fingerprint density at radius 1 is 1.29 bits per heavy atom. The van der Waals surface area contributed by atoms with Crippen molar-refractivity contribution in [1.29, 1.82) is 0 Å². The van der Waals surface area contributed by atoms with E-state index in [9.17, 15) is 4.79 Å². The molecule has 1 aromatic heterocycles. The summed E-state index contributed by atoms with van der Waals surface area (Å²) in [5, 5.41) is 3.56. The number of halogens is 1. The van der Waals surface area contributed by atoms with E-state index >= 15 is 0 Å². The Labute approximate surface area is 130 Å². The highest BCUT2D eigenvalue weighted by molar-refractivity contribution is 6.30. The number of amides is 1. The van der Waals surface area contributed by atoms with Gasteiger partial charge < -0.3 is 5.32 Å². The van der Waals surface area contributed by atoms with Gasteiger partial charge in [0, 0.05) is 17.8 Å². The van der Waals surface area contributed by atoms with Crippen LogP contribution in [0.25, 0.3) is 0 Å². The van der Waals surface area contributed by atoms with Crippen LogP contribution in [0.5, 0.6) is 0 Å². The molecule has 0 radical (unpaired) electrons. The molecule has 0 bridgehead atoms. The molecule has 0 spiro atoms. The molecule has 1 aromatic carbocycles. The first-order valence-corrected chi connectivity index (χ1v) is 7.46. The van der Waals surface area contributed by atoms with Gasteiger partial charge >= 0.3 is 0 Å². The molecule has 1 unspecified atom stereocenters. The zero-order chi connectivity index (χ0) is 15.2. The predicted molar refractivity (Wildman–Crippen MR) is 85.6 cm³/mol. The van der Waals surface area contributed by atoms with Crippen LogP contribution in [-0.4, -0.2) is 10.9 Å². The summed E-state index contributed by atoms with van der Waals surface area (Å²) < 4.78 is 0. The minimum absolute atomic E-state index is 0.157. The normalized spacial score (nSPS) is 12.0. The lowest BCUT2D eigenvalue weighted by molar-refractivity contribution is 0.0946. The van der Waals surface area contributed by atoms with Crippen molar-refractivity contribution in [2.45, 2.75) is 32.7 Å². The second-order valence-electron chi connectivity index (χ2n) is 5.09. The molecule has 110 valence electrons. The Morgan fingerprint density at radius 3 is 2.67 bits per heavy atom. The SMILES string of the molecule is CCC(C)c1ccnc(C(=O)NCc2ccc(Cl)cc2)c1. The second-order valence-corrected chi connectivity index (χ2v) is 5.53. The zero-order valence-corrected chi connectivity index (χ0v) is 13.0. The summed E-state index contributed by atoms with van der Waals surface area (Å²) in [7, 11) is 0. The first-order valence-electron chi connectivity index (χ1n) is 7.08. The molecule has 2 rings (SSSR count). The molecule has 0 aliphatic carbocycles. The smallest absolute Gasteiger partial charge is 0.270 e. The van der Waals surface area contributed by atoms with Gasteiger partial charge in [0.2, 0.25) is 0 Å². The summed E-state index contributed by atoms with van der Waals surface area (Å²) in [4.78, 5) is 16.3. The molecule has 4 heteroatoms. The molecular weight excluding hydrogens is 284 g/mol. The highest BCUT2D eigenvalue weighted by atomic mass is 35.5. The molecule has 0 aliphatic rings. The maximum Gasteiger partial charge on any atom is 0.270 e. The number of pyridine rings is 1. The molecule has 0 aliphatic heterocycles. The average Bonchev–Trinajstić information content (AvgIpc) is 2.53. The summed E-state index contributed by atoms with van der Waals surface area (Å²) in [6, 6.07) is 11.2. The van der Waals surface area contributed by atoms with Gasteiger partial charge in [-0.05, 0) is 47.7 Å². The maximum absolute atomic E-state index is 12.1. The van der Waals surface area contributed by atoms with Crippen LogP contribution in [0.2, 0.25) is 5.02 Å². The van der Waals surface area contributed by atoms with E-state index in [4.69, 9.17) is 11.6 Å². The number of nitrogens with zero attached hydrogens (tertiary/aromatic N) is 1. The van der Waals surface area contributed by atoms with Crippen LogP contribution in [0.4, 0.5) is 0 Å². The first-order chi connectivity index (χ1) is 10.1. The van der Waals surface area contributed by atoms with E-state index in [1.807, 2.05) is 36.4 Å². The Bertz CT molecular complexity index is 610. The molecule has 0 fully saturated rings. The van der Waals surface area contributed by atoms with Crippen molar-refractivity contribution in [2.75, 3.05) is 0 Å². The predicted octanol–water partition coefficient (Wildman–Crippen LogP) is 4.18. The quantitative estimate of drug-likeness (QED) is 0.900. The van der Waals surface area contributed by atoms with Gasteiger partial charge in [-0.3, -0.25) is 9.78 Å². The molecule has 2 aromatic rings. The zero-order valence-electron chi connectivity index (χ0n) is 12.3. The molecule has 0 saturated carbocycles. The first kappa shape index (κ1) is 15.5. The summed E-state index contributed by atoms with van der Waals surface area (Å²) in [6.45, 7) is 4.74. The summed E-state index contributed by atoms with van der Waals surface area (Å²) in [6.07, 6.45) is 2.73. The third-order valence-electron chi connectivity index (χ3n) is 3.56. The lowest BCUT2D eigenvalue weighted by atomic mass is 9.99.